The first kappa shape index (κ1) is 18.5. The molecular formula is C19H29N3O2S. The van der Waals surface area contributed by atoms with Gasteiger partial charge in [0.05, 0.1) is 18.0 Å². The lowest BCUT2D eigenvalue weighted by Gasteiger charge is -2.23. The van der Waals surface area contributed by atoms with Crippen LogP contribution in [0.2, 0.25) is 0 Å². The third kappa shape index (κ3) is 4.30. The van der Waals surface area contributed by atoms with Crippen molar-refractivity contribution in [2.45, 2.75) is 71.4 Å². The lowest BCUT2D eigenvalue weighted by molar-refractivity contribution is 0.0995. The molecule has 0 saturated carbocycles. The topological polar surface area (TPSA) is 69.2 Å². The first-order valence-corrected chi connectivity index (χ1v) is 10.4. The summed E-state index contributed by atoms with van der Waals surface area (Å²) in [6.45, 7) is 6.32. The molecule has 25 heavy (non-hydrogen) atoms. The highest BCUT2D eigenvalue weighted by Gasteiger charge is 2.20. The van der Waals surface area contributed by atoms with Gasteiger partial charge in [-0.2, -0.15) is 0 Å². The molecule has 2 aromatic heterocycles. The average Bonchev–Trinajstić information content (AvgIpc) is 2.93. The largest absolute Gasteiger partial charge is 0.392 e. The Labute approximate surface area is 153 Å². The zero-order chi connectivity index (χ0) is 17.8. The van der Waals surface area contributed by atoms with Crippen LogP contribution >= 0.6 is 11.3 Å². The number of aryl methyl sites for hydroxylation is 2. The van der Waals surface area contributed by atoms with Crippen molar-refractivity contribution in [1.29, 1.82) is 0 Å². The normalized spacial score (nSPS) is 15.7. The number of hydrogen-bond donors (Lipinski definition) is 2. The number of fused-ring (bicyclic) bond motifs is 3. The molecule has 6 heteroatoms. The van der Waals surface area contributed by atoms with Crippen LogP contribution in [0.3, 0.4) is 0 Å². The molecule has 138 valence electrons. The van der Waals surface area contributed by atoms with Gasteiger partial charge in [0.25, 0.3) is 5.56 Å². The smallest absolute Gasteiger partial charge is 0.259 e. The molecule has 0 aliphatic heterocycles. The Balaban J connectivity index is 1.83. The monoisotopic (exact) mass is 363 g/mol. The van der Waals surface area contributed by atoms with E-state index < -0.39 is 0 Å². The van der Waals surface area contributed by atoms with Crippen LogP contribution in [0.4, 0.5) is 0 Å². The maximum atomic E-state index is 12.6. The number of thiophene rings is 1. The summed E-state index contributed by atoms with van der Waals surface area (Å²) in [5.74, 6) is 0.716. The summed E-state index contributed by atoms with van der Waals surface area (Å²) in [5.41, 5.74) is 1.24. The molecular weight excluding hydrogens is 334 g/mol. The van der Waals surface area contributed by atoms with E-state index in [1.165, 1.54) is 23.3 Å². The minimum Gasteiger partial charge on any atom is -0.392 e. The van der Waals surface area contributed by atoms with Crippen LogP contribution in [0.25, 0.3) is 10.2 Å². The van der Waals surface area contributed by atoms with E-state index in [1.54, 1.807) is 11.3 Å². The number of H-pyrrole nitrogens is 1. The van der Waals surface area contributed by atoms with E-state index in [0.717, 1.165) is 48.9 Å². The van der Waals surface area contributed by atoms with Gasteiger partial charge in [0.2, 0.25) is 0 Å². The number of nitrogens with zero attached hydrogens (tertiary/aromatic N) is 2. The van der Waals surface area contributed by atoms with Crippen molar-refractivity contribution in [2.75, 3.05) is 13.1 Å². The number of aromatic nitrogens is 2. The minimum atomic E-state index is -0.318. The molecule has 1 atom stereocenters. The average molecular weight is 364 g/mol. The van der Waals surface area contributed by atoms with Crippen molar-refractivity contribution < 1.29 is 5.11 Å². The van der Waals surface area contributed by atoms with Gasteiger partial charge in [-0.05, 0) is 50.6 Å². The minimum absolute atomic E-state index is 0.00459. The highest BCUT2D eigenvalue weighted by molar-refractivity contribution is 7.18. The summed E-state index contributed by atoms with van der Waals surface area (Å²) in [6.07, 6.45) is 6.94. The summed E-state index contributed by atoms with van der Waals surface area (Å²) in [5, 5.41) is 10.9. The van der Waals surface area contributed by atoms with Gasteiger partial charge < -0.3 is 10.1 Å². The van der Waals surface area contributed by atoms with Crippen LogP contribution in [0, 0.1) is 0 Å². The van der Waals surface area contributed by atoms with Crippen molar-refractivity contribution in [1.82, 2.24) is 14.9 Å². The number of aliphatic hydroxyl groups excluding tert-OH is 1. The quantitative estimate of drug-likeness (QED) is 0.755. The van der Waals surface area contributed by atoms with E-state index in [9.17, 15) is 9.90 Å². The van der Waals surface area contributed by atoms with Crippen LogP contribution in [-0.2, 0) is 19.4 Å². The predicted octanol–water partition coefficient (Wildman–Crippen LogP) is 3.24. The molecule has 1 unspecified atom stereocenters. The highest BCUT2D eigenvalue weighted by atomic mass is 32.1. The van der Waals surface area contributed by atoms with Crippen LogP contribution < -0.4 is 5.56 Å². The van der Waals surface area contributed by atoms with Gasteiger partial charge in [-0.15, -0.1) is 11.3 Å². The molecule has 0 amide bonds. The number of rotatable bonds is 8. The van der Waals surface area contributed by atoms with Crippen LogP contribution in [0.1, 0.15) is 62.2 Å². The Hall–Kier alpha value is -1.24. The van der Waals surface area contributed by atoms with Gasteiger partial charge in [-0.3, -0.25) is 9.69 Å². The zero-order valence-corrected chi connectivity index (χ0v) is 16.1. The van der Waals surface area contributed by atoms with E-state index in [4.69, 9.17) is 4.98 Å². The molecule has 1 aliphatic rings. The highest BCUT2D eigenvalue weighted by Crippen LogP contribution is 2.33. The van der Waals surface area contributed by atoms with Crippen molar-refractivity contribution in [2.24, 2.45) is 0 Å². The van der Waals surface area contributed by atoms with E-state index >= 15 is 0 Å². The molecule has 0 fully saturated rings. The number of aliphatic hydroxyl groups is 1. The molecule has 1 aliphatic carbocycles. The van der Waals surface area contributed by atoms with E-state index in [1.807, 2.05) is 0 Å². The second-order valence-electron chi connectivity index (χ2n) is 7.08. The molecule has 2 N–H and O–H groups in total. The van der Waals surface area contributed by atoms with E-state index in [0.29, 0.717) is 18.9 Å². The Morgan fingerprint density at radius 2 is 2.08 bits per heavy atom. The number of aromatic amines is 1. The van der Waals surface area contributed by atoms with E-state index in [2.05, 4.69) is 23.7 Å². The Morgan fingerprint density at radius 1 is 1.28 bits per heavy atom. The molecule has 3 rings (SSSR count). The molecule has 2 aromatic rings. The first-order chi connectivity index (χ1) is 12.1. The fourth-order valence-electron chi connectivity index (χ4n) is 3.77. The van der Waals surface area contributed by atoms with Gasteiger partial charge in [0.15, 0.2) is 0 Å². The number of nitrogens with one attached hydrogen (secondary N) is 1. The zero-order valence-electron chi connectivity index (χ0n) is 15.3. The van der Waals surface area contributed by atoms with Crippen molar-refractivity contribution in [3.63, 3.8) is 0 Å². The van der Waals surface area contributed by atoms with Gasteiger partial charge in [0.1, 0.15) is 10.7 Å². The SMILES string of the molecule is CCCC(O)CN(CCC)Cc1nc2sc3c(c2c(=O)[nH]1)CCCC3. The third-order valence-electron chi connectivity index (χ3n) is 4.88. The van der Waals surface area contributed by atoms with Crippen LogP contribution in [0.15, 0.2) is 4.79 Å². The second-order valence-corrected chi connectivity index (χ2v) is 8.16. The molecule has 0 bridgehead atoms. The molecule has 2 heterocycles. The third-order valence-corrected chi connectivity index (χ3v) is 6.06. The summed E-state index contributed by atoms with van der Waals surface area (Å²) in [4.78, 5) is 24.8. The summed E-state index contributed by atoms with van der Waals surface area (Å²) in [7, 11) is 0. The Morgan fingerprint density at radius 3 is 2.84 bits per heavy atom. The summed E-state index contributed by atoms with van der Waals surface area (Å²) >= 11 is 1.69. The molecule has 0 radical (unpaired) electrons. The van der Waals surface area contributed by atoms with E-state index in [-0.39, 0.29) is 11.7 Å². The fourth-order valence-corrected chi connectivity index (χ4v) is 5.05. The van der Waals surface area contributed by atoms with Crippen molar-refractivity contribution in [3.8, 4) is 0 Å². The second kappa shape index (κ2) is 8.43. The summed E-state index contributed by atoms with van der Waals surface area (Å²) in [6, 6.07) is 0. The molecule has 0 spiro atoms. The van der Waals surface area contributed by atoms with Gasteiger partial charge in [0, 0.05) is 11.4 Å². The molecule has 5 nitrogen and oxygen atoms in total. The van der Waals surface area contributed by atoms with Crippen LogP contribution in [0.5, 0.6) is 0 Å². The fraction of sp³-hybridized carbons (Fsp3) is 0.684. The van der Waals surface area contributed by atoms with Gasteiger partial charge in [-0.1, -0.05) is 20.3 Å². The predicted molar refractivity (Wildman–Crippen MR) is 103 cm³/mol. The Kier molecular flexibility index (Phi) is 6.25. The molecule has 0 saturated heterocycles. The Bertz CT molecular complexity index is 768. The summed E-state index contributed by atoms with van der Waals surface area (Å²) < 4.78 is 0. The lowest BCUT2D eigenvalue weighted by atomic mass is 9.97. The standard InChI is InChI=1S/C19H29N3O2S/c1-3-7-13(23)11-22(10-4-2)12-16-20-18(24)17-14-8-5-6-9-15(14)25-19(17)21-16/h13,23H,3-12H2,1-2H3,(H,20,21,24). The van der Waals surface area contributed by atoms with Crippen molar-refractivity contribution >= 4 is 21.6 Å². The lowest BCUT2D eigenvalue weighted by Crippen LogP contribution is -2.33. The molecule has 0 aromatic carbocycles. The maximum absolute atomic E-state index is 12.6. The van der Waals surface area contributed by atoms with Gasteiger partial charge >= 0.3 is 0 Å². The van der Waals surface area contributed by atoms with Crippen molar-refractivity contribution in [3.05, 3.63) is 26.6 Å². The maximum Gasteiger partial charge on any atom is 0.259 e. The van der Waals surface area contributed by atoms with Crippen LogP contribution in [-0.4, -0.2) is 39.2 Å². The van der Waals surface area contributed by atoms with Gasteiger partial charge in [-0.25, -0.2) is 4.98 Å². The number of hydrogen-bond acceptors (Lipinski definition) is 5. The first-order valence-electron chi connectivity index (χ1n) is 9.56.